The van der Waals surface area contributed by atoms with Crippen LogP contribution in [0.1, 0.15) is 35.2 Å². The monoisotopic (exact) mass is 341 g/mol. The number of benzene rings is 1. The first-order valence-corrected chi connectivity index (χ1v) is 8.69. The summed E-state index contributed by atoms with van der Waals surface area (Å²) in [6.07, 6.45) is 6.91. The average Bonchev–Trinajstić information content (AvgIpc) is 3.27. The normalized spacial score (nSPS) is 17.0. The number of aryl methyl sites for hydroxylation is 1. The molecule has 132 valence electrons. The lowest BCUT2D eigenvalue weighted by molar-refractivity contribution is -0.130. The number of hydrogen-bond donors (Lipinski definition) is 1. The second kappa shape index (κ2) is 7.96. The van der Waals surface area contributed by atoms with E-state index in [0.29, 0.717) is 17.9 Å². The Bertz CT molecular complexity index is 710. The highest BCUT2D eigenvalue weighted by Crippen LogP contribution is 2.22. The largest absolute Gasteiger partial charge is 0.478 e. The third kappa shape index (κ3) is 4.68. The highest BCUT2D eigenvalue weighted by Gasteiger charge is 2.25. The summed E-state index contributed by atoms with van der Waals surface area (Å²) < 4.78 is 1.85. The van der Waals surface area contributed by atoms with E-state index < -0.39 is 5.97 Å². The van der Waals surface area contributed by atoms with Crippen molar-refractivity contribution in [2.75, 3.05) is 13.1 Å². The van der Waals surface area contributed by atoms with Crippen molar-refractivity contribution in [2.24, 2.45) is 5.92 Å². The Morgan fingerprint density at radius 1 is 1.24 bits per heavy atom. The lowest BCUT2D eigenvalue weighted by atomic mass is 9.98. The molecule has 1 amide bonds. The SMILES string of the molecule is O=C(O)c1ccc(C[C@@H]2CCN(C(=O)CCCn3cccn3)C2)cc1. The van der Waals surface area contributed by atoms with E-state index in [-0.39, 0.29) is 5.91 Å². The van der Waals surface area contributed by atoms with Crippen molar-refractivity contribution in [2.45, 2.75) is 32.2 Å². The van der Waals surface area contributed by atoms with Crippen LogP contribution in [0.2, 0.25) is 0 Å². The second-order valence-corrected chi connectivity index (χ2v) is 6.57. The van der Waals surface area contributed by atoms with Crippen LogP contribution >= 0.6 is 0 Å². The number of aromatic nitrogens is 2. The Hall–Kier alpha value is -2.63. The number of carboxylic acid groups (broad SMARTS) is 1. The zero-order valence-electron chi connectivity index (χ0n) is 14.2. The highest BCUT2D eigenvalue weighted by molar-refractivity contribution is 5.87. The van der Waals surface area contributed by atoms with Crippen LogP contribution in [0.25, 0.3) is 0 Å². The summed E-state index contributed by atoms with van der Waals surface area (Å²) in [5.41, 5.74) is 1.44. The predicted octanol–water partition coefficient (Wildman–Crippen LogP) is 2.45. The first-order valence-electron chi connectivity index (χ1n) is 8.69. The van der Waals surface area contributed by atoms with E-state index in [1.165, 1.54) is 0 Å². The number of nitrogens with zero attached hydrogens (tertiary/aromatic N) is 3. The Balaban J connectivity index is 1.43. The van der Waals surface area contributed by atoms with Gasteiger partial charge in [-0.1, -0.05) is 12.1 Å². The van der Waals surface area contributed by atoms with Gasteiger partial charge in [0, 0.05) is 38.4 Å². The van der Waals surface area contributed by atoms with Crippen molar-refractivity contribution in [1.82, 2.24) is 14.7 Å². The van der Waals surface area contributed by atoms with E-state index in [0.717, 1.165) is 44.5 Å². The molecule has 0 saturated carbocycles. The minimum Gasteiger partial charge on any atom is -0.478 e. The smallest absolute Gasteiger partial charge is 0.335 e. The van der Waals surface area contributed by atoms with Crippen LogP contribution in [0.5, 0.6) is 0 Å². The number of carbonyl (C=O) groups excluding carboxylic acids is 1. The van der Waals surface area contributed by atoms with Gasteiger partial charge >= 0.3 is 5.97 Å². The summed E-state index contributed by atoms with van der Waals surface area (Å²) in [5.74, 6) is -0.235. The maximum atomic E-state index is 12.3. The van der Waals surface area contributed by atoms with Gasteiger partial charge in [-0.15, -0.1) is 0 Å². The number of aromatic carboxylic acids is 1. The van der Waals surface area contributed by atoms with Crippen LogP contribution in [0.15, 0.2) is 42.7 Å². The summed E-state index contributed by atoms with van der Waals surface area (Å²) in [6, 6.07) is 8.92. The van der Waals surface area contributed by atoms with Gasteiger partial charge < -0.3 is 10.0 Å². The lowest BCUT2D eigenvalue weighted by Gasteiger charge is -2.16. The Morgan fingerprint density at radius 2 is 2.04 bits per heavy atom. The molecule has 6 nitrogen and oxygen atoms in total. The number of likely N-dealkylation sites (tertiary alicyclic amines) is 1. The van der Waals surface area contributed by atoms with Gasteiger partial charge in [0.05, 0.1) is 5.56 Å². The van der Waals surface area contributed by atoms with E-state index in [1.807, 2.05) is 34.0 Å². The molecule has 1 aliphatic rings. The first kappa shape index (κ1) is 17.2. The minimum absolute atomic E-state index is 0.218. The number of amides is 1. The maximum Gasteiger partial charge on any atom is 0.335 e. The van der Waals surface area contributed by atoms with Crippen molar-refractivity contribution in [3.05, 3.63) is 53.9 Å². The van der Waals surface area contributed by atoms with Crippen LogP contribution in [-0.2, 0) is 17.8 Å². The van der Waals surface area contributed by atoms with Crippen molar-refractivity contribution >= 4 is 11.9 Å². The molecule has 1 fully saturated rings. The molecule has 1 aliphatic heterocycles. The van der Waals surface area contributed by atoms with Gasteiger partial charge in [0.15, 0.2) is 0 Å². The molecule has 0 radical (unpaired) electrons. The Kier molecular flexibility index (Phi) is 5.48. The molecule has 0 spiro atoms. The van der Waals surface area contributed by atoms with Crippen molar-refractivity contribution in [3.8, 4) is 0 Å². The molecule has 0 aliphatic carbocycles. The molecule has 1 atom stereocenters. The predicted molar refractivity (Wildman–Crippen MR) is 93.3 cm³/mol. The van der Waals surface area contributed by atoms with Crippen LogP contribution in [-0.4, -0.2) is 44.8 Å². The third-order valence-corrected chi connectivity index (χ3v) is 4.70. The number of rotatable bonds is 7. The van der Waals surface area contributed by atoms with E-state index in [2.05, 4.69) is 5.10 Å². The molecule has 1 N–H and O–H groups in total. The van der Waals surface area contributed by atoms with Gasteiger partial charge in [-0.05, 0) is 48.9 Å². The molecule has 0 bridgehead atoms. The maximum absolute atomic E-state index is 12.3. The molecule has 1 aromatic heterocycles. The zero-order chi connectivity index (χ0) is 17.6. The standard InChI is InChI=1S/C19H23N3O3/c23-18(3-1-10-22-11-2-9-20-22)21-12-8-16(14-21)13-15-4-6-17(7-5-15)19(24)25/h2,4-7,9,11,16H,1,3,8,10,12-14H2,(H,24,25)/t16-/m0/s1. The topological polar surface area (TPSA) is 75.4 Å². The fourth-order valence-corrected chi connectivity index (χ4v) is 3.33. The molecule has 1 aromatic carbocycles. The van der Waals surface area contributed by atoms with Gasteiger partial charge in [0.1, 0.15) is 0 Å². The van der Waals surface area contributed by atoms with Crippen molar-refractivity contribution in [1.29, 1.82) is 0 Å². The third-order valence-electron chi connectivity index (χ3n) is 4.70. The molecule has 1 saturated heterocycles. The molecular weight excluding hydrogens is 318 g/mol. The summed E-state index contributed by atoms with van der Waals surface area (Å²) in [5, 5.41) is 13.1. The van der Waals surface area contributed by atoms with Crippen molar-refractivity contribution < 1.29 is 14.7 Å². The molecule has 0 unspecified atom stereocenters. The minimum atomic E-state index is -0.903. The summed E-state index contributed by atoms with van der Waals surface area (Å²) in [7, 11) is 0. The molecule has 6 heteroatoms. The van der Waals surface area contributed by atoms with E-state index >= 15 is 0 Å². The summed E-state index contributed by atoms with van der Waals surface area (Å²) >= 11 is 0. The van der Waals surface area contributed by atoms with Gasteiger partial charge in [-0.3, -0.25) is 9.48 Å². The van der Waals surface area contributed by atoms with Crippen LogP contribution in [0, 0.1) is 5.92 Å². The van der Waals surface area contributed by atoms with Crippen molar-refractivity contribution in [3.63, 3.8) is 0 Å². The molecule has 3 rings (SSSR count). The van der Waals surface area contributed by atoms with Gasteiger partial charge in [0.2, 0.25) is 5.91 Å². The average molecular weight is 341 g/mol. The summed E-state index contributed by atoms with van der Waals surface area (Å²) in [6.45, 7) is 2.38. The van der Waals surface area contributed by atoms with Crippen LogP contribution in [0.3, 0.4) is 0 Å². The Labute approximate surface area is 147 Å². The van der Waals surface area contributed by atoms with Gasteiger partial charge in [0.25, 0.3) is 0 Å². The van der Waals surface area contributed by atoms with Gasteiger partial charge in [-0.25, -0.2) is 4.79 Å². The second-order valence-electron chi connectivity index (χ2n) is 6.57. The summed E-state index contributed by atoms with van der Waals surface area (Å²) in [4.78, 5) is 25.2. The number of hydrogen-bond acceptors (Lipinski definition) is 3. The lowest BCUT2D eigenvalue weighted by Crippen LogP contribution is -2.28. The zero-order valence-corrected chi connectivity index (χ0v) is 14.2. The van der Waals surface area contributed by atoms with E-state index in [1.54, 1.807) is 18.3 Å². The fourth-order valence-electron chi connectivity index (χ4n) is 3.33. The van der Waals surface area contributed by atoms with Crippen LogP contribution in [0.4, 0.5) is 0 Å². The van der Waals surface area contributed by atoms with E-state index in [9.17, 15) is 9.59 Å². The Morgan fingerprint density at radius 3 is 2.72 bits per heavy atom. The first-order chi connectivity index (χ1) is 12.1. The van der Waals surface area contributed by atoms with Gasteiger partial charge in [-0.2, -0.15) is 5.10 Å². The molecule has 2 aromatic rings. The fraction of sp³-hybridized carbons (Fsp3) is 0.421. The highest BCUT2D eigenvalue weighted by atomic mass is 16.4. The van der Waals surface area contributed by atoms with Crippen LogP contribution < -0.4 is 0 Å². The van der Waals surface area contributed by atoms with E-state index in [4.69, 9.17) is 5.11 Å². The number of carbonyl (C=O) groups is 2. The molecule has 2 heterocycles. The quantitative estimate of drug-likeness (QED) is 0.839. The molecule has 25 heavy (non-hydrogen) atoms. The molecular formula is C19H23N3O3. The number of carboxylic acids is 1.